The van der Waals surface area contributed by atoms with Crippen LogP contribution in [0.15, 0.2) is 59.4 Å². The standard InChI is InChI=1S/C7H8.C4H4O.C3H8.C2H6/c1-7-5-3-2-4-6-7;1-2-4-5-3-1;1-3-2;1-2/h2-6H,1H3;1-4H;3H2,1-2H3;1-2H3. The SMILES string of the molecule is CC.CCC.Cc1ccccc1.c1ccoc1. The second kappa shape index (κ2) is 16.9. The van der Waals surface area contributed by atoms with Gasteiger partial charge in [0.1, 0.15) is 0 Å². The third-order valence-electron chi connectivity index (χ3n) is 1.37. The minimum atomic E-state index is 1.25. The Balaban J connectivity index is 0. The van der Waals surface area contributed by atoms with Crippen LogP contribution in [0, 0.1) is 6.92 Å². The Bertz CT molecular complexity index is 267. The molecule has 0 saturated heterocycles. The van der Waals surface area contributed by atoms with Crippen molar-refractivity contribution in [2.24, 2.45) is 0 Å². The highest BCUT2D eigenvalue weighted by Crippen LogP contribution is 1.92. The first-order valence-corrected chi connectivity index (χ1v) is 6.30. The number of hydrogen-bond donors (Lipinski definition) is 0. The van der Waals surface area contributed by atoms with Crippen LogP contribution >= 0.6 is 0 Å². The molecule has 0 aliphatic carbocycles. The van der Waals surface area contributed by atoms with Crippen LogP contribution in [0.25, 0.3) is 0 Å². The van der Waals surface area contributed by atoms with Crippen LogP contribution in [-0.2, 0) is 0 Å². The summed E-state index contributed by atoms with van der Waals surface area (Å²) in [6.07, 6.45) is 4.50. The van der Waals surface area contributed by atoms with E-state index < -0.39 is 0 Å². The largest absolute Gasteiger partial charge is 0.473 e. The first-order valence-electron chi connectivity index (χ1n) is 6.30. The molecule has 96 valence electrons. The summed E-state index contributed by atoms with van der Waals surface area (Å²) >= 11 is 0. The number of hydrogen-bond acceptors (Lipinski definition) is 1. The van der Waals surface area contributed by atoms with Crippen molar-refractivity contribution in [2.75, 3.05) is 0 Å². The van der Waals surface area contributed by atoms with Gasteiger partial charge in [-0.2, -0.15) is 0 Å². The Morgan fingerprint density at radius 3 is 1.41 bits per heavy atom. The van der Waals surface area contributed by atoms with E-state index in [1.54, 1.807) is 12.5 Å². The van der Waals surface area contributed by atoms with Crippen molar-refractivity contribution < 1.29 is 4.42 Å². The zero-order valence-electron chi connectivity index (χ0n) is 11.8. The highest BCUT2D eigenvalue weighted by Gasteiger charge is 1.72. The molecule has 1 aromatic heterocycles. The van der Waals surface area contributed by atoms with Crippen molar-refractivity contribution in [1.29, 1.82) is 0 Å². The molecule has 1 heteroatoms. The Morgan fingerprint density at radius 2 is 1.24 bits per heavy atom. The molecule has 0 saturated carbocycles. The minimum absolute atomic E-state index is 1.25. The van der Waals surface area contributed by atoms with Gasteiger partial charge in [-0.25, -0.2) is 0 Å². The van der Waals surface area contributed by atoms with Crippen molar-refractivity contribution in [1.82, 2.24) is 0 Å². The molecule has 1 nitrogen and oxygen atoms in total. The van der Waals surface area contributed by atoms with Crippen molar-refractivity contribution in [3.63, 3.8) is 0 Å². The van der Waals surface area contributed by atoms with Gasteiger partial charge in [-0.3, -0.25) is 0 Å². The Hall–Kier alpha value is -1.50. The van der Waals surface area contributed by atoms with E-state index in [1.165, 1.54) is 12.0 Å². The second-order valence-corrected chi connectivity index (χ2v) is 3.15. The molecule has 0 fully saturated rings. The van der Waals surface area contributed by atoms with Gasteiger partial charge in [0.2, 0.25) is 0 Å². The fraction of sp³-hybridized carbons (Fsp3) is 0.375. The maximum absolute atomic E-state index is 4.58. The van der Waals surface area contributed by atoms with Crippen molar-refractivity contribution in [2.45, 2.75) is 41.0 Å². The highest BCUT2D eigenvalue weighted by molar-refractivity contribution is 5.11. The minimum Gasteiger partial charge on any atom is -0.473 e. The molecule has 0 N–H and O–H groups in total. The Labute approximate surface area is 106 Å². The number of rotatable bonds is 0. The van der Waals surface area contributed by atoms with Crippen molar-refractivity contribution in [3.8, 4) is 0 Å². The highest BCUT2D eigenvalue weighted by atomic mass is 16.3. The molecule has 0 radical (unpaired) electrons. The summed E-state index contributed by atoms with van der Waals surface area (Å²) in [7, 11) is 0. The monoisotopic (exact) mass is 234 g/mol. The summed E-state index contributed by atoms with van der Waals surface area (Å²) in [6.45, 7) is 10.3. The third-order valence-corrected chi connectivity index (χ3v) is 1.37. The summed E-state index contributed by atoms with van der Waals surface area (Å²) in [6, 6.07) is 13.9. The lowest BCUT2D eigenvalue weighted by Gasteiger charge is -1.82. The van der Waals surface area contributed by atoms with E-state index >= 15 is 0 Å². The fourth-order valence-electron chi connectivity index (χ4n) is 0.761. The Morgan fingerprint density at radius 1 is 0.824 bits per heavy atom. The maximum atomic E-state index is 4.58. The third kappa shape index (κ3) is 17.1. The van der Waals surface area contributed by atoms with Crippen LogP contribution in [0.1, 0.15) is 39.7 Å². The van der Waals surface area contributed by atoms with Crippen LogP contribution in [0.2, 0.25) is 0 Å². The molecule has 0 atom stereocenters. The van der Waals surface area contributed by atoms with Gasteiger partial charge >= 0.3 is 0 Å². The predicted octanol–water partition coefficient (Wildman–Crippen LogP) is 5.72. The van der Waals surface area contributed by atoms with Gasteiger partial charge in [0, 0.05) is 0 Å². The molecule has 2 aromatic rings. The van der Waals surface area contributed by atoms with Crippen LogP contribution in [0.3, 0.4) is 0 Å². The second-order valence-electron chi connectivity index (χ2n) is 3.15. The smallest absolute Gasteiger partial charge is 0.0902 e. The van der Waals surface area contributed by atoms with E-state index in [1.807, 2.05) is 44.2 Å². The van der Waals surface area contributed by atoms with Gasteiger partial charge in [0.15, 0.2) is 0 Å². The summed E-state index contributed by atoms with van der Waals surface area (Å²) in [5.74, 6) is 0. The molecule has 17 heavy (non-hydrogen) atoms. The lowest BCUT2D eigenvalue weighted by atomic mass is 10.2. The molecule has 0 aliphatic heterocycles. The quantitative estimate of drug-likeness (QED) is 0.568. The first kappa shape index (κ1) is 17.9. The van der Waals surface area contributed by atoms with Gasteiger partial charge in [0.05, 0.1) is 12.5 Å². The summed E-state index contributed by atoms with van der Waals surface area (Å²) < 4.78 is 4.58. The molecule has 0 unspecified atom stereocenters. The summed E-state index contributed by atoms with van der Waals surface area (Å²) in [5.41, 5.74) is 1.32. The molecule has 0 amide bonds. The molecule has 1 aromatic carbocycles. The normalized spacial score (nSPS) is 7.35. The molecule has 1 heterocycles. The van der Waals surface area contributed by atoms with Crippen LogP contribution in [0.4, 0.5) is 0 Å². The summed E-state index contributed by atoms with van der Waals surface area (Å²) in [4.78, 5) is 0. The van der Waals surface area contributed by atoms with Crippen LogP contribution in [-0.4, -0.2) is 0 Å². The first-order chi connectivity index (χ1) is 8.31. The van der Waals surface area contributed by atoms with Gasteiger partial charge in [0.25, 0.3) is 0 Å². The zero-order chi connectivity index (χ0) is 13.4. The van der Waals surface area contributed by atoms with Gasteiger partial charge in [-0.15, -0.1) is 0 Å². The van der Waals surface area contributed by atoms with E-state index in [2.05, 4.69) is 37.3 Å². The van der Waals surface area contributed by atoms with Crippen molar-refractivity contribution in [3.05, 3.63) is 60.6 Å². The predicted molar refractivity (Wildman–Crippen MR) is 77.2 cm³/mol. The molecular weight excluding hydrogens is 208 g/mol. The summed E-state index contributed by atoms with van der Waals surface area (Å²) in [5, 5.41) is 0. The van der Waals surface area contributed by atoms with E-state index in [4.69, 9.17) is 0 Å². The van der Waals surface area contributed by atoms with E-state index in [0.717, 1.165) is 0 Å². The number of furan rings is 1. The van der Waals surface area contributed by atoms with Gasteiger partial charge in [-0.05, 0) is 19.1 Å². The molecule has 0 bridgehead atoms. The van der Waals surface area contributed by atoms with Gasteiger partial charge in [-0.1, -0.05) is 70.0 Å². The molecule has 2 rings (SSSR count). The molecule has 0 spiro atoms. The van der Waals surface area contributed by atoms with Gasteiger partial charge < -0.3 is 4.42 Å². The van der Waals surface area contributed by atoms with E-state index in [0.29, 0.717) is 0 Å². The lowest BCUT2D eigenvalue weighted by Crippen LogP contribution is -1.62. The molecular formula is C16H26O. The van der Waals surface area contributed by atoms with Crippen LogP contribution in [0.5, 0.6) is 0 Å². The number of benzene rings is 1. The lowest BCUT2D eigenvalue weighted by molar-refractivity contribution is 0.567. The van der Waals surface area contributed by atoms with Crippen molar-refractivity contribution >= 4 is 0 Å². The zero-order valence-corrected chi connectivity index (χ0v) is 11.8. The Kier molecular flexibility index (Phi) is 17.8. The maximum Gasteiger partial charge on any atom is 0.0902 e. The average Bonchev–Trinajstić information content (AvgIpc) is 2.92. The topological polar surface area (TPSA) is 13.1 Å². The fourth-order valence-corrected chi connectivity index (χ4v) is 0.761. The molecule has 0 aliphatic rings. The van der Waals surface area contributed by atoms with E-state index in [9.17, 15) is 0 Å². The van der Waals surface area contributed by atoms with Crippen LogP contribution < -0.4 is 0 Å². The number of aryl methyl sites for hydroxylation is 1. The average molecular weight is 234 g/mol. The van der Waals surface area contributed by atoms with E-state index in [-0.39, 0.29) is 0 Å².